The van der Waals surface area contributed by atoms with Crippen molar-refractivity contribution in [1.29, 1.82) is 0 Å². The third kappa shape index (κ3) is 3.62. The molecular formula is C18H15FN2O5S3. The molecule has 152 valence electrons. The van der Waals surface area contributed by atoms with Gasteiger partial charge in [0.2, 0.25) is 10.0 Å². The number of thiophene rings is 1. The summed E-state index contributed by atoms with van der Waals surface area (Å²) in [6.45, 7) is 0.204. The quantitative estimate of drug-likeness (QED) is 0.652. The minimum Gasteiger partial charge on any atom is -0.489 e. The highest BCUT2D eigenvalue weighted by molar-refractivity contribution is 7.93. The van der Waals surface area contributed by atoms with Crippen molar-refractivity contribution in [3.8, 4) is 16.9 Å². The van der Waals surface area contributed by atoms with Crippen LogP contribution in [-0.2, 0) is 20.0 Å². The first-order valence-electron chi connectivity index (χ1n) is 8.34. The van der Waals surface area contributed by atoms with Crippen molar-refractivity contribution in [2.75, 3.05) is 17.5 Å². The van der Waals surface area contributed by atoms with E-state index >= 15 is 0 Å². The van der Waals surface area contributed by atoms with Crippen molar-refractivity contribution >= 4 is 37.1 Å². The number of fused-ring (bicyclic) bond motifs is 1. The highest BCUT2D eigenvalue weighted by Gasteiger charge is 2.31. The molecule has 1 aromatic heterocycles. The first-order chi connectivity index (χ1) is 13.7. The summed E-state index contributed by atoms with van der Waals surface area (Å²) in [5.41, 5.74) is 1.13. The molecule has 0 unspecified atom stereocenters. The molecule has 0 radical (unpaired) electrons. The van der Waals surface area contributed by atoms with E-state index in [-0.39, 0.29) is 27.9 Å². The van der Waals surface area contributed by atoms with Gasteiger partial charge in [-0.1, -0.05) is 6.07 Å². The summed E-state index contributed by atoms with van der Waals surface area (Å²) in [4.78, 5) is -0.0575. The van der Waals surface area contributed by atoms with E-state index in [4.69, 9.17) is 9.88 Å². The van der Waals surface area contributed by atoms with E-state index in [1.165, 1.54) is 16.4 Å². The van der Waals surface area contributed by atoms with Gasteiger partial charge in [0, 0.05) is 5.56 Å². The Kier molecular flexibility index (Phi) is 4.85. The lowest BCUT2D eigenvalue weighted by atomic mass is 10.1. The molecule has 0 spiro atoms. The van der Waals surface area contributed by atoms with Gasteiger partial charge in [0.05, 0.1) is 17.1 Å². The summed E-state index contributed by atoms with van der Waals surface area (Å²) in [7, 11) is -7.90. The van der Waals surface area contributed by atoms with E-state index in [1.807, 2.05) is 0 Å². The number of hydrogen-bond donors (Lipinski definition) is 1. The second-order valence-electron chi connectivity index (χ2n) is 6.23. The minimum atomic E-state index is -3.97. The molecule has 1 aliphatic heterocycles. The molecule has 0 amide bonds. The Labute approximate surface area is 171 Å². The maximum Gasteiger partial charge on any atom is 0.264 e. The van der Waals surface area contributed by atoms with Crippen LogP contribution in [-0.4, -0.2) is 30.0 Å². The number of benzene rings is 2. The largest absolute Gasteiger partial charge is 0.489 e. The van der Waals surface area contributed by atoms with Gasteiger partial charge in [-0.15, -0.1) is 11.3 Å². The summed E-state index contributed by atoms with van der Waals surface area (Å²) in [6.07, 6.45) is 0. The monoisotopic (exact) mass is 454 g/mol. The number of rotatable bonds is 4. The molecule has 0 saturated carbocycles. The zero-order chi connectivity index (χ0) is 20.8. The molecule has 7 nitrogen and oxygen atoms in total. The summed E-state index contributed by atoms with van der Waals surface area (Å²) < 4.78 is 69.9. The van der Waals surface area contributed by atoms with E-state index < -0.39 is 25.9 Å². The van der Waals surface area contributed by atoms with Crippen LogP contribution in [0.5, 0.6) is 5.75 Å². The molecule has 0 fully saturated rings. The number of nitrogens with zero attached hydrogens (tertiary/aromatic N) is 1. The second kappa shape index (κ2) is 7.10. The standard InChI is InChI=1S/C18H15FN2O5S3/c19-13-2-4-14(5-3-13)29(24,25)21-8-9-26-17-6-1-12(11-16(17)21)15-7-10-27-18(15)28(20,22)23/h1-7,10-11H,8-9H2,(H2,20,22,23). The van der Waals surface area contributed by atoms with Crippen molar-refractivity contribution in [2.45, 2.75) is 9.10 Å². The average Bonchev–Trinajstić information content (AvgIpc) is 3.18. The number of nitrogens with two attached hydrogens (primary N) is 1. The van der Waals surface area contributed by atoms with Crippen LogP contribution in [0.3, 0.4) is 0 Å². The molecule has 0 atom stereocenters. The predicted octanol–water partition coefficient (Wildman–Crippen LogP) is 2.79. The molecule has 0 saturated heterocycles. The Hall–Kier alpha value is -2.47. The van der Waals surface area contributed by atoms with Gasteiger partial charge >= 0.3 is 0 Å². The van der Waals surface area contributed by atoms with Gasteiger partial charge in [-0.2, -0.15) is 0 Å². The summed E-state index contributed by atoms with van der Waals surface area (Å²) >= 11 is 0.982. The lowest BCUT2D eigenvalue weighted by molar-refractivity contribution is 0.316. The fourth-order valence-corrected chi connectivity index (χ4v) is 6.36. The van der Waals surface area contributed by atoms with Gasteiger partial charge in [0.25, 0.3) is 10.0 Å². The topological polar surface area (TPSA) is 107 Å². The molecule has 2 heterocycles. The van der Waals surface area contributed by atoms with Gasteiger partial charge in [0.1, 0.15) is 22.4 Å². The van der Waals surface area contributed by atoms with Crippen molar-refractivity contribution in [3.05, 3.63) is 59.7 Å². The zero-order valence-electron chi connectivity index (χ0n) is 14.8. The van der Waals surface area contributed by atoms with E-state index in [0.717, 1.165) is 23.5 Å². The average molecular weight is 455 g/mol. The van der Waals surface area contributed by atoms with E-state index in [9.17, 15) is 21.2 Å². The molecule has 0 bridgehead atoms. The number of halogens is 1. The number of anilines is 1. The van der Waals surface area contributed by atoms with Crippen molar-refractivity contribution < 1.29 is 26.0 Å². The van der Waals surface area contributed by atoms with Gasteiger partial charge in [-0.25, -0.2) is 26.4 Å². The lowest BCUT2D eigenvalue weighted by Crippen LogP contribution is -2.37. The van der Waals surface area contributed by atoms with Crippen LogP contribution in [0.25, 0.3) is 11.1 Å². The number of ether oxygens (including phenoxy) is 1. The fraction of sp³-hybridized carbons (Fsp3) is 0.111. The minimum absolute atomic E-state index is 0.0119. The Morgan fingerprint density at radius 2 is 1.76 bits per heavy atom. The van der Waals surface area contributed by atoms with E-state index in [1.54, 1.807) is 29.6 Å². The van der Waals surface area contributed by atoms with Crippen LogP contribution in [0.2, 0.25) is 0 Å². The van der Waals surface area contributed by atoms with Gasteiger partial charge < -0.3 is 4.74 Å². The van der Waals surface area contributed by atoms with Gasteiger partial charge in [0.15, 0.2) is 0 Å². The third-order valence-corrected chi connectivity index (χ3v) is 8.64. The maximum atomic E-state index is 13.2. The normalized spacial score (nSPS) is 14.3. The molecule has 4 rings (SSSR count). The van der Waals surface area contributed by atoms with Crippen molar-refractivity contribution in [1.82, 2.24) is 0 Å². The lowest BCUT2D eigenvalue weighted by Gasteiger charge is -2.31. The molecule has 2 N–H and O–H groups in total. The Morgan fingerprint density at radius 3 is 2.45 bits per heavy atom. The number of primary sulfonamides is 1. The highest BCUT2D eigenvalue weighted by Crippen LogP contribution is 2.40. The first kappa shape index (κ1) is 19.8. The van der Waals surface area contributed by atoms with Gasteiger partial charge in [-0.05, 0) is 53.4 Å². The van der Waals surface area contributed by atoms with Gasteiger partial charge in [-0.3, -0.25) is 4.31 Å². The molecule has 2 aromatic carbocycles. The predicted molar refractivity (Wildman–Crippen MR) is 108 cm³/mol. The SMILES string of the molecule is NS(=O)(=O)c1sccc1-c1ccc2c(c1)N(S(=O)(=O)c1ccc(F)cc1)CCO2. The van der Waals surface area contributed by atoms with Crippen LogP contribution < -0.4 is 14.2 Å². The number of hydrogen-bond acceptors (Lipinski definition) is 6. The van der Waals surface area contributed by atoms with Crippen molar-refractivity contribution in [3.63, 3.8) is 0 Å². The summed E-state index contributed by atoms with van der Waals surface area (Å²) in [5, 5.41) is 6.88. The molecule has 11 heteroatoms. The Bertz CT molecular complexity index is 1290. The summed E-state index contributed by atoms with van der Waals surface area (Å²) in [6, 6.07) is 10.9. The summed E-state index contributed by atoms with van der Waals surface area (Å²) in [5.74, 6) is -0.195. The Balaban J connectivity index is 1.83. The third-order valence-electron chi connectivity index (χ3n) is 4.38. The first-order valence-corrected chi connectivity index (χ1v) is 12.2. The molecule has 29 heavy (non-hydrogen) atoms. The van der Waals surface area contributed by atoms with Crippen molar-refractivity contribution in [2.24, 2.45) is 5.14 Å². The van der Waals surface area contributed by atoms with Crippen LogP contribution in [0.4, 0.5) is 10.1 Å². The maximum absolute atomic E-state index is 13.2. The highest BCUT2D eigenvalue weighted by atomic mass is 32.2. The fourth-order valence-electron chi connectivity index (χ4n) is 3.07. The van der Waals surface area contributed by atoms with Crippen LogP contribution in [0, 0.1) is 5.82 Å². The van der Waals surface area contributed by atoms with E-state index in [2.05, 4.69) is 0 Å². The molecule has 0 aliphatic carbocycles. The van der Waals surface area contributed by atoms with E-state index in [0.29, 0.717) is 16.9 Å². The second-order valence-corrected chi connectivity index (χ2v) is 10.8. The molecule has 1 aliphatic rings. The number of sulfonamides is 2. The Morgan fingerprint density at radius 1 is 1.03 bits per heavy atom. The zero-order valence-corrected chi connectivity index (χ0v) is 17.2. The smallest absolute Gasteiger partial charge is 0.264 e. The molecular weight excluding hydrogens is 439 g/mol. The molecule has 3 aromatic rings. The van der Waals surface area contributed by atoms with Crippen LogP contribution in [0.1, 0.15) is 0 Å². The van der Waals surface area contributed by atoms with Crippen LogP contribution >= 0.6 is 11.3 Å². The van der Waals surface area contributed by atoms with Crippen LogP contribution in [0.15, 0.2) is 63.0 Å².